The van der Waals surface area contributed by atoms with Crippen LogP contribution >= 0.6 is 0 Å². The van der Waals surface area contributed by atoms with Gasteiger partial charge in [-0.25, -0.2) is 0 Å². The third kappa shape index (κ3) is 1.44. The van der Waals surface area contributed by atoms with Crippen molar-refractivity contribution in [1.82, 2.24) is 5.32 Å². The lowest BCUT2D eigenvalue weighted by atomic mass is 9.96. The molecule has 0 radical (unpaired) electrons. The highest BCUT2D eigenvalue weighted by Gasteiger charge is 2.18. The minimum absolute atomic E-state index is 0.253. The van der Waals surface area contributed by atoms with Crippen molar-refractivity contribution in [3.63, 3.8) is 0 Å². The SMILES string of the molecule is CCC1CCCNC1=O. The highest BCUT2D eigenvalue weighted by Crippen LogP contribution is 2.13. The zero-order valence-electron chi connectivity index (χ0n) is 5.81. The molecule has 1 fully saturated rings. The summed E-state index contributed by atoms with van der Waals surface area (Å²) in [6, 6.07) is 0. The molecule has 1 atom stereocenters. The van der Waals surface area contributed by atoms with E-state index in [1.54, 1.807) is 0 Å². The summed E-state index contributed by atoms with van der Waals surface area (Å²) in [4.78, 5) is 10.9. The number of carbonyl (C=O) groups excluding carboxylic acids is 1. The van der Waals surface area contributed by atoms with Gasteiger partial charge >= 0.3 is 0 Å². The van der Waals surface area contributed by atoms with Gasteiger partial charge in [0.1, 0.15) is 0 Å². The summed E-state index contributed by atoms with van der Waals surface area (Å²) in [5.74, 6) is 0.558. The van der Waals surface area contributed by atoms with E-state index in [0.29, 0.717) is 5.92 Å². The number of nitrogens with one attached hydrogen (secondary N) is 1. The van der Waals surface area contributed by atoms with E-state index >= 15 is 0 Å². The lowest BCUT2D eigenvalue weighted by molar-refractivity contribution is -0.126. The fourth-order valence-electron chi connectivity index (χ4n) is 1.23. The van der Waals surface area contributed by atoms with Crippen LogP contribution in [0.2, 0.25) is 0 Å². The van der Waals surface area contributed by atoms with Crippen molar-refractivity contribution in [3.05, 3.63) is 0 Å². The Morgan fingerprint density at radius 1 is 1.78 bits per heavy atom. The quantitative estimate of drug-likeness (QED) is 0.557. The molecule has 2 nitrogen and oxygen atoms in total. The molecule has 1 saturated heterocycles. The summed E-state index contributed by atoms with van der Waals surface area (Å²) < 4.78 is 0. The second-order valence-electron chi connectivity index (χ2n) is 2.54. The van der Waals surface area contributed by atoms with E-state index in [1.807, 2.05) is 0 Å². The summed E-state index contributed by atoms with van der Waals surface area (Å²) >= 11 is 0. The zero-order valence-corrected chi connectivity index (χ0v) is 5.81. The van der Waals surface area contributed by atoms with Gasteiger partial charge in [-0.2, -0.15) is 0 Å². The molecule has 0 aromatic rings. The van der Waals surface area contributed by atoms with Crippen LogP contribution in [0.3, 0.4) is 0 Å². The molecule has 0 bridgehead atoms. The first-order chi connectivity index (χ1) is 4.34. The third-order valence-electron chi connectivity index (χ3n) is 1.89. The number of piperidine rings is 1. The van der Waals surface area contributed by atoms with Crippen LogP contribution in [-0.2, 0) is 4.79 Å². The topological polar surface area (TPSA) is 29.1 Å². The Morgan fingerprint density at radius 2 is 2.56 bits per heavy atom. The smallest absolute Gasteiger partial charge is 0.223 e. The maximum atomic E-state index is 10.9. The van der Waals surface area contributed by atoms with Gasteiger partial charge in [0.2, 0.25) is 5.91 Å². The Labute approximate surface area is 55.6 Å². The van der Waals surface area contributed by atoms with Gasteiger partial charge in [-0.1, -0.05) is 6.92 Å². The lowest BCUT2D eigenvalue weighted by Crippen LogP contribution is -2.35. The number of amides is 1. The van der Waals surface area contributed by atoms with Crippen LogP contribution in [0.4, 0.5) is 0 Å². The molecule has 0 spiro atoms. The predicted octanol–water partition coefficient (Wildman–Crippen LogP) is 0.923. The molecular weight excluding hydrogens is 114 g/mol. The van der Waals surface area contributed by atoms with Crippen LogP contribution in [0.5, 0.6) is 0 Å². The highest BCUT2D eigenvalue weighted by molar-refractivity contribution is 5.79. The van der Waals surface area contributed by atoms with Crippen LogP contribution < -0.4 is 5.32 Å². The van der Waals surface area contributed by atoms with Gasteiger partial charge in [0.25, 0.3) is 0 Å². The number of rotatable bonds is 1. The summed E-state index contributed by atoms with van der Waals surface area (Å²) in [5, 5.41) is 2.84. The molecule has 9 heavy (non-hydrogen) atoms. The summed E-state index contributed by atoms with van der Waals surface area (Å²) in [5.41, 5.74) is 0. The van der Waals surface area contributed by atoms with E-state index in [4.69, 9.17) is 0 Å². The largest absolute Gasteiger partial charge is 0.356 e. The number of hydrogen-bond donors (Lipinski definition) is 1. The second-order valence-corrected chi connectivity index (χ2v) is 2.54. The number of carbonyl (C=O) groups is 1. The molecule has 1 heterocycles. The molecule has 0 aromatic heterocycles. The van der Waals surface area contributed by atoms with E-state index in [-0.39, 0.29) is 5.91 Å². The van der Waals surface area contributed by atoms with E-state index in [1.165, 1.54) is 0 Å². The Morgan fingerprint density at radius 3 is 3.00 bits per heavy atom. The molecular formula is C7H13NO. The molecule has 0 aliphatic carbocycles. The van der Waals surface area contributed by atoms with E-state index in [0.717, 1.165) is 25.8 Å². The van der Waals surface area contributed by atoms with E-state index in [9.17, 15) is 4.79 Å². The van der Waals surface area contributed by atoms with Crippen molar-refractivity contribution in [1.29, 1.82) is 0 Å². The van der Waals surface area contributed by atoms with Gasteiger partial charge < -0.3 is 5.32 Å². The molecule has 1 amide bonds. The Balaban J connectivity index is 2.39. The third-order valence-corrected chi connectivity index (χ3v) is 1.89. The minimum Gasteiger partial charge on any atom is -0.356 e. The monoisotopic (exact) mass is 127 g/mol. The Hall–Kier alpha value is -0.530. The molecule has 2 heteroatoms. The van der Waals surface area contributed by atoms with Crippen LogP contribution in [0.25, 0.3) is 0 Å². The summed E-state index contributed by atoms with van der Waals surface area (Å²) in [6.45, 7) is 2.95. The first kappa shape index (κ1) is 6.59. The van der Waals surface area contributed by atoms with Crippen molar-refractivity contribution < 1.29 is 4.79 Å². The Bertz CT molecular complexity index is 111. The molecule has 1 unspecified atom stereocenters. The molecule has 52 valence electrons. The molecule has 1 aliphatic heterocycles. The maximum absolute atomic E-state index is 10.9. The van der Waals surface area contributed by atoms with Gasteiger partial charge in [0.15, 0.2) is 0 Å². The molecule has 1 aliphatic rings. The average molecular weight is 127 g/mol. The van der Waals surface area contributed by atoms with Crippen molar-refractivity contribution in [3.8, 4) is 0 Å². The van der Waals surface area contributed by atoms with Crippen molar-refractivity contribution in [2.24, 2.45) is 5.92 Å². The zero-order chi connectivity index (χ0) is 6.69. The van der Waals surface area contributed by atoms with Crippen molar-refractivity contribution in [2.75, 3.05) is 6.54 Å². The van der Waals surface area contributed by atoms with Crippen molar-refractivity contribution in [2.45, 2.75) is 26.2 Å². The number of hydrogen-bond acceptors (Lipinski definition) is 1. The predicted molar refractivity (Wildman–Crippen MR) is 36.0 cm³/mol. The van der Waals surface area contributed by atoms with Crippen LogP contribution in [0.15, 0.2) is 0 Å². The fourth-order valence-corrected chi connectivity index (χ4v) is 1.23. The van der Waals surface area contributed by atoms with Gasteiger partial charge in [0, 0.05) is 12.5 Å². The van der Waals surface area contributed by atoms with Crippen molar-refractivity contribution >= 4 is 5.91 Å². The normalized spacial score (nSPS) is 27.7. The van der Waals surface area contributed by atoms with Gasteiger partial charge in [-0.05, 0) is 19.3 Å². The summed E-state index contributed by atoms with van der Waals surface area (Å²) in [6.07, 6.45) is 3.23. The van der Waals surface area contributed by atoms with Crippen LogP contribution in [0.1, 0.15) is 26.2 Å². The van der Waals surface area contributed by atoms with Crippen LogP contribution in [-0.4, -0.2) is 12.5 Å². The molecule has 1 N–H and O–H groups in total. The second kappa shape index (κ2) is 2.85. The highest BCUT2D eigenvalue weighted by atomic mass is 16.1. The minimum atomic E-state index is 0.253. The standard InChI is InChI=1S/C7H13NO/c1-2-6-4-3-5-8-7(6)9/h6H,2-5H2,1H3,(H,8,9). The molecule has 0 saturated carbocycles. The Kier molecular flexibility index (Phi) is 2.09. The molecule has 1 rings (SSSR count). The first-order valence-electron chi connectivity index (χ1n) is 3.62. The molecule has 0 aromatic carbocycles. The van der Waals surface area contributed by atoms with Gasteiger partial charge in [-0.3, -0.25) is 4.79 Å². The van der Waals surface area contributed by atoms with Crippen LogP contribution in [0, 0.1) is 5.92 Å². The maximum Gasteiger partial charge on any atom is 0.223 e. The first-order valence-corrected chi connectivity index (χ1v) is 3.62. The van der Waals surface area contributed by atoms with Gasteiger partial charge in [0.05, 0.1) is 0 Å². The average Bonchev–Trinajstić information content (AvgIpc) is 1.89. The fraction of sp³-hybridized carbons (Fsp3) is 0.857. The van der Waals surface area contributed by atoms with Gasteiger partial charge in [-0.15, -0.1) is 0 Å². The lowest BCUT2D eigenvalue weighted by Gasteiger charge is -2.19. The summed E-state index contributed by atoms with van der Waals surface area (Å²) in [7, 11) is 0. The van der Waals surface area contributed by atoms with E-state index in [2.05, 4.69) is 12.2 Å². The van der Waals surface area contributed by atoms with E-state index < -0.39 is 0 Å².